The lowest BCUT2D eigenvalue weighted by atomic mass is 9.88. The first-order valence-corrected chi connectivity index (χ1v) is 8.49. The van der Waals surface area contributed by atoms with Gasteiger partial charge in [0, 0.05) is 19.4 Å². The summed E-state index contributed by atoms with van der Waals surface area (Å²) in [5.41, 5.74) is 7.07. The highest BCUT2D eigenvalue weighted by Gasteiger charge is 2.17. The molecule has 0 fully saturated rings. The minimum absolute atomic E-state index is 0.0324. The van der Waals surface area contributed by atoms with Crippen LogP contribution in [-0.4, -0.2) is 32.9 Å². The molecule has 6 heteroatoms. The summed E-state index contributed by atoms with van der Waals surface area (Å²) in [4.78, 5) is 0.222. The van der Waals surface area contributed by atoms with Gasteiger partial charge in [-0.25, -0.2) is 8.42 Å². The molecule has 0 heterocycles. The van der Waals surface area contributed by atoms with Gasteiger partial charge in [0.15, 0.2) is 9.84 Å². The van der Waals surface area contributed by atoms with Crippen LogP contribution >= 0.6 is 0 Å². The number of benzene rings is 1. The maximum atomic E-state index is 11.4. The number of hydrogen-bond donors (Lipinski definition) is 3. The summed E-state index contributed by atoms with van der Waals surface area (Å²) in [7, 11) is -3.23. The van der Waals surface area contributed by atoms with Crippen LogP contribution in [0.2, 0.25) is 0 Å². The molecule has 0 bridgehead atoms. The molecule has 1 aromatic carbocycles. The lowest BCUT2D eigenvalue weighted by molar-refractivity contribution is 0.248. The van der Waals surface area contributed by atoms with Crippen molar-refractivity contribution < 1.29 is 13.5 Å². The van der Waals surface area contributed by atoms with Gasteiger partial charge in [0.2, 0.25) is 0 Å². The Labute approximate surface area is 121 Å². The highest BCUT2D eigenvalue weighted by molar-refractivity contribution is 7.90. The van der Waals surface area contributed by atoms with Crippen LogP contribution in [0.4, 0.5) is 11.4 Å². The summed E-state index contributed by atoms with van der Waals surface area (Å²) in [5.74, 6) is 0. The molecule has 0 aliphatic heterocycles. The molecule has 0 aliphatic carbocycles. The maximum absolute atomic E-state index is 11.4. The van der Waals surface area contributed by atoms with Crippen molar-refractivity contribution in [2.75, 3.05) is 30.5 Å². The third kappa shape index (κ3) is 5.02. The largest absolute Gasteiger partial charge is 0.397 e. The van der Waals surface area contributed by atoms with E-state index in [0.717, 1.165) is 24.8 Å². The number of hydrogen-bond acceptors (Lipinski definition) is 5. The molecule has 20 heavy (non-hydrogen) atoms. The zero-order valence-corrected chi connectivity index (χ0v) is 13.1. The van der Waals surface area contributed by atoms with Crippen molar-refractivity contribution in [2.24, 2.45) is 5.41 Å². The number of nitrogens with one attached hydrogen (secondary N) is 1. The summed E-state index contributed by atoms with van der Waals surface area (Å²) in [6.45, 7) is 5.11. The predicted molar refractivity (Wildman–Crippen MR) is 82.6 cm³/mol. The number of nitrogen functional groups attached to an aromatic ring is 1. The number of nitrogens with two attached hydrogens (primary N) is 1. The zero-order chi connectivity index (χ0) is 15.4. The van der Waals surface area contributed by atoms with Crippen molar-refractivity contribution in [1.82, 2.24) is 0 Å². The molecule has 0 atom stereocenters. The van der Waals surface area contributed by atoms with Crippen LogP contribution in [0.5, 0.6) is 0 Å². The van der Waals surface area contributed by atoms with E-state index in [2.05, 4.69) is 19.2 Å². The van der Waals surface area contributed by atoms with Crippen LogP contribution in [0, 0.1) is 5.41 Å². The van der Waals surface area contributed by atoms with Crippen molar-refractivity contribution >= 4 is 21.2 Å². The fourth-order valence-corrected chi connectivity index (χ4v) is 2.57. The molecule has 0 radical (unpaired) electrons. The van der Waals surface area contributed by atoms with Crippen LogP contribution in [0.3, 0.4) is 0 Å². The third-order valence-electron chi connectivity index (χ3n) is 3.22. The summed E-state index contributed by atoms with van der Waals surface area (Å²) in [5, 5.41) is 12.1. The molecule has 0 unspecified atom stereocenters. The Morgan fingerprint density at radius 1 is 1.35 bits per heavy atom. The Morgan fingerprint density at radius 3 is 2.50 bits per heavy atom. The van der Waals surface area contributed by atoms with Gasteiger partial charge in [-0.05, 0) is 36.5 Å². The van der Waals surface area contributed by atoms with Crippen LogP contribution in [0.15, 0.2) is 23.1 Å². The molecular weight excluding hydrogens is 276 g/mol. The minimum Gasteiger partial charge on any atom is -0.397 e. The highest BCUT2D eigenvalue weighted by Crippen LogP contribution is 2.26. The van der Waals surface area contributed by atoms with Gasteiger partial charge in [-0.3, -0.25) is 0 Å². The van der Waals surface area contributed by atoms with Gasteiger partial charge in [0.05, 0.1) is 16.3 Å². The molecule has 1 rings (SSSR count). The van der Waals surface area contributed by atoms with Crippen molar-refractivity contribution in [3.63, 3.8) is 0 Å². The van der Waals surface area contributed by atoms with E-state index in [1.54, 1.807) is 12.1 Å². The monoisotopic (exact) mass is 300 g/mol. The van der Waals surface area contributed by atoms with Gasteiger partial charge in [0.25, 0.3) is 0 Å². The first kappa shape index (κ1) is 16.8. The fourth-order valence-electron chi connectivity index (χ4n) is 1.91. The predicted octanol–water partition coefficient (Wildman–Crippen LogP) is 1.88. The smallest absolute Gasteiger partial charge is 0.175 e. The van der Waals surface area contributed by atoms with Crippen LogP contribution in [0.1, 0.15) is 26.7 Å². The van der Waals surface area contributed by atoms with E-state index in [-0.39, 0.29) is 16.9 Å². The fraction of sp³-hybridized carbons (Fsp3) is 0.571. The molecular formula is C14H24N2O3S. The van der Waals surface area contributed by atoms with E-state index >= 15 is 0 Å². The van der Waals surface area contributed by atoms with Crippen LogP contribution < -0.4 is 11.1 Å². The topological polar surface area (TPSA) is 92.4 Å². The summed E-state index contributed by atoms with van der Waals surface area (Å²) in [6.07, 6.45) is 2.82. The van der Waals surface area contributed by atoms with Gasteiger partial charge in [-0.1, -0.05) is 13.8 Å². The lowest BCUT2D eigenvalue weighted by Crippen LogP contribution is -2.23. The quantitative estimate of drug-likeness (QED) is 0.669. The molecule has 5 nitrogen and oxygen atoms in total. The Morgan fingerprint density at radius 2 is 2.00 bits per heavy atom. The van der Waals surface area contributed by atoms with E-state index in [1.807, 2.05) is 0 Å². The van der Waals surface area contributed by atoms with Crippen molar-refractivity contribution in [1.29, 1.82) is 0 Å². The highest BCUT2D eigenvalue weighted by atomic mass is 32.2. The lowest BCUT2D eigenvalue weighted by Gasteiger charge is -2.25. The molecule has 0 spiro atoms. The van der Waals surface area contributed by atoms with Gasteiger partial charge in [0.1, 0.15) is 0 Å². The second kappa shape index (κ2) is 6.45. The van der Waals surface area contributed by atoms with E-state index in [4.69, 9.17) is 10.8 Å². The Hall–Kier alpha value is -1.27. The number of sulfone groups is 1. The van der Waals surface area contributed by atoms with Crippen LogP contribution in [-0.2, 0) is 9.84 Å². The van der Waals surface area contributed by atoms with Crippen molar-refractivity contribution in [3.8, 4) is 0 Å². The zero-order valence-electron chi connectivity index (χ0n) is 12.3. The van der Waals surface area contributed by atoms with Gasteiger partial charge in [-0.2, -0.15) is 0 Å². The molecule has 1 aromatic rings. The number of aliphatic hydroxyl groups excluding tert-OH is 1. The molecule has 0 aliphatic rings. The average molecular weight is 300 g/mol. The van der Waals surface area contributed by atoms with Gasteiger partial charge < -0.3 is 16.2 Å². The normalized spacial score (nSPS) is 12.4. The van der Waals surface area contributed by atoms with Gasteiger partial charge in [-0.15, -0.1) is 0 Å². The van der Waals surface area contributed by atoms with E-state index in [0.29, 0.717) is 12.2 Å². The molecule has 0 amide bonds. The van der Waals surface area contributed by atoms with Crippen LogP contribution in [0.25, 0.3) is 0 Å². The standard InChI is InChI=1S/C14H24N2O3S/c1-14(2,7-4-8-17)10-16-13-6-5-11(9-12(13)15)20(3,18)19/h5-6,9,16-17H,4,7-8,10,15H2,1-3H3. The Balaban J connectivity index is 2.75. The van der Waals surface area contributed by atoms with E-state index in [9.17, 15) is 8.42 Å². The molecule has 0 aromatic heterocycles. The Bertz CT molecular complexity index is 554. The van der Waals surface area contributed by atoms with Crippen molar-refractivity contribution in [3.05, 3.63) is 18.2 Å². The molecule has 4 N–H and O–H groups in total. The second-order valence-corrected chi connectivity index (χ2v) is 7.88. The van der Waals surface area contributed by atoms with Gasteiger partial charge >= 0.3 is 0 Å². The summed E-state index contributed by atoms with van der Waals surface area (Å²) < 4.78 is 22.9. The molecule has 0 saturated heterocycles. The minimum atomic E-state index is -3.23. The summed E-state index contributed by atoms with van der Waals surface area (Å²) >= 11 is 0. The molecule has 114 valence electrons. The SMILES string of the molecule is CC(C)(CCCO)CNc1ccc(S(C)(=O)=O)cc1N. The first-order valence-electron chi connectivity index (χ1n) is 6.60. The average Bonchev–Trinajstić information content (AvgIpc) is 2.34. The Kier molecular flexibility index (Phi) is 5.42. The molecule has 0 saturated carbocycles. The summed E-state index contributed by atoms with van der Waals surface area (Å²) in [6, 6.07) is 4.71. The first-order chi connectivity index (χ1) is 9.15. The van der Waals surface area contributed by atoms with Crippen molar-refractivity contribution in [2.45, 2.75) is 31.6 Å². The van der Waals surface area contributed by atoms with E-state index in [1.165, 1.54) is 6.07 Å². The number of rotatable bonds is 7. The second-order valence-electron chi connectivity index (χ2n) is 5.87. The number of aliphatic hydroxyl groups is 1. The number of anilines is 2. The maximum Gasteiger partial charge on any atom is 0.175 e. The van der Waals surface area contributed by atoms with E-state index < -0.39 is 9.84 Å². The third-order valence-corrected chi connectivity index (χ3v) is 4.33.